The first-order chi connectivity index (χ1) is 5.79. The van der Waals surface area contributed by atoms with Crippen LogP contribution in [0.2, 0.25) is 0 Å². The van der Waals surface area contributed by atoms with Crippen LogP contribution in [0.4, 0.5) is 5.82 Å². The number of nitrogens with two attached hydrogens (primary N) is 1. The van der Waals surface area contributed by atoms with Gasteiger partial charge in [0.25, 0.3) is 0 Å². The minimum Gasteiger partial charge on any atom is -0.381 e. The maximum absolute atomic E-state index is 8.55. The van der Waals surface area contributed by atoms with Crippen LogP contribution in [0, 0.1) is 34.5 Å². The van der Waals surface area contributed by atoms with E-state index in [-0.39, 0.29) is 17.1 Å². The topological polar surface area (TPSA) is 102 Å². The summed E-state index contributed by atoms with van der Waals surface area (Å²) in [6, 6.07) is 3.44. The summed E-state index contributed by atoms with van der Waals surface area (Å²) < 4.78 is 0. The summed E-state index contributed by atoms with van der Waals surface area (Å²) in [7, 11) is 0. The van der Waals surface area contributed by atoms with E-state index in [0.29, 0.717) is 0 Å². The summed E-state index contributed by atoms with van der Waals surface area (Å²) in [5.41, 5.74) is 5.76. The van der Waals surface area contributed by atoms with E-state index in [0.717, 1.165) is 0 Å². The van der Waals surface area contributed by atoms with Gasteiger partial charge in [0.15, 0.2) is 11.9 Å². The molecule has 0 aliphatic heterocycles. The highest BCUT2D eigenvalue weighted by molar-refractivity contribution is 5.56. The Morgan fingerprint density at radius 1 is 1.42 bits per heavy atom. The predicted molar refractivity (Wildman–Crippen MR) is 40.2 cm³/mol. The second kappa shape index (κ2) is 3.09. The monoisotopic (exact) mass is 157 g/mol. The first-order valence-electron chi connectivity index (χ1n) is 2.93. The molecule has 0 saturated heterocycles. The fourth-order valence-corrected chi connectivity index (χ4v) is 0.650. The number of aromatic amines is 1. The van der Waals surface area contributed by atoms with Crippen molar-refractivity contribution in [3.8, 4) is 24.0 Å². The van der Waals surface area contributed by atoms with Crippen molar-refractivity contribution in [2.75, 3.05) is 5.73 Å². The second-order valence-electron chi connectivity index (χ2n) is 1.83. The summed E-state index contributed by atoms with van der Waals surface area (Å²) in [5.74, 6) is 4.63. The maximum atomic E-state index is 8.55. The van der Waals surface area contributed by atoms with E-state index in [4.69, 9.17) is 16.3 Å². The molecular weight excluding hydrogens is 154 g/mol. The van der Waals surface area contributed by atoms with Crippen molar-refractivity contribution in [1.29, 1.82) is 10.5 Å². The predicted octanol–water partition coefficient (Wildman–Crippen LogP) is -0.261. The lowest BCUT2D eigenvalue weighted by Crippen LogP contribution is -1.87. The summed E-state index contributed by atoms with van der Waals surface area (Å²) in [5, 5.41) is 22.7. The third kappa shape index (κ3) is 1.18. The number of aromatic nitrogens is 2. The molecule has 0 unspecified atom stereocenters. The highest BCUT2D eigenvalue weighted by Crippen LogP contribution is 2.09. The lowest BCUT2D eigenvalue weighted by Gasteiger charge is -1.80. The van der Waals surface area contributed by atoms with Gasteiger partial charge >= 0.3 is 0 Å². The molecule has 12 heavy (non-hydrogen) atoms. The molecule has 0 aromatic carbocycles. The number of rotatable bonds is 0. The van der Waals surface area contributed by atoms with Crippen molar-refractivity contribution in [1.82, 2.24) is 10.2 Å². The molecular formula is C7H3N5. The van der Waals surface area contributed by atoms with Gasteiger partial charge in [0.2, 0.25) is 0 Å². The molecule has 1 aromatic rings. The normalized spacial score (nSPS) is 7.50. The van der Waals surface area contributed by atoms with Crippen molar-refractivity contribution in [3.05, 3.63) is 11.3 Å². The van der Waals surface area contributed by atoms with Crippen molar-refractivity contribution in [3.63, 3.8) is 0 Å². The van der Waals surface area contributed by atoms with Gasteiger partial charge in [-0.2, -0.15) is 15.6 Å². The third-order valence-corrected chi connectivity index (χ3v) is 1.15. The molecule has 0 radical (unpaired) electrons. The van der Waals surface area contributed by atoms with Gasteiger partial charge in [0.1, 0.15) is 17.3 Å². The molecule has 5 heteroatoms. The van der Waals surface area contributed by atoms with Gasteiger partial charge in [-0.1, -0.05) is 0 Å². The van der Waals surface area contributed by atoms with E-state index in [9.17, 15) is 0 Å². The summed E-state index contributed by atoms with van der Waals surface area (Å²) in [4.78, 5) is 0. The maximum Gasteiger partial charge on any atom is 0.164 e. The molecule has 0 bridgehead atoms. The largest absolute Gasteiger partial charge is 0.381 e. The lowest BCUT2D eigenvalue weighted by atomic mass is 10.2. The molecule has 0 fully saturated rings. The van der Waals surface area contributed by atoms with Crippen molar-refractivity contribution in [2.45, 2.75) is 0 Å². The van der Waals surface area contributed by atoms with Crippen LogP contribution in [0.1, 0.15) is 11.3 Å². The fraction of sp³-hybridized carbons (Fsp3) is 0. The Kier molecular flexibility index (Phi) is 1.97. The highest BCUT2D eigenvalue weighted by atomic mass is 15.2. The number of nitrogen functional groups attached to an aromatic ring is 1. The smallest absolute Gasteiger partial charge is 0.164 e. The van der Waals surface area contributed by atoms with Crippen LogP contribution in [0.3, 0.4) is 0 Å². The van der Waals surface area contributed by atoms with Crippen LogP contribution in [0.5, 0.6) is 0 Å². The molecule has 0 atom stereocenters. The van der Waals surface area contributed by atoms with Crippen LogP contribution in [0.25, 0.3) is 0 Å². The van der Waals surface area contributed by atoms with E-state index < -0.39 is 0 Å². The van der Waals surface area contributed by atoms with Gasteiger partial charge < -0.3 is 5.73 Å². The number of H-pyrrole nitrogens is 1. The number of nitrogens with zero attached hydrogens (tertiary/aromatic N) is 3. The van der Waals surface area contributed by atoms with Crippen LogP contribution in [-0.4, -0.2) is 10.2 Å². The standard InChI is InChI=1S/C7H3N5/c8-3-1-2-6-5(4-9)7(10)12-11-6/h(H3,10,11,12). The molecule has 0 amide bonds. The number of anilines is 1. The molecule has 1 heterocycles. The zero-order valence-electron chi connectivity index (χ0n) is 5.92. The molecule has 0 saturated carbocycles. The van der Waals surface area contributed by atoms with E-state index in [1.165, 1.54) is 0 Å². The van der Waals surface area contributed by atoms with Crippen LogP contribution < -0.4 is 5.73 Å². The van der Waals surface area contributed by atoms with Gasteiger partial charge in [0, 0.05) is 5.92 Å². The van der Waals surface area contributed by atoms with Crippen LogP contribution in [0.15, 0.2) is 0 Å². The molecule has 0 spiro atoms. The first kappa shape index (κ1) is 7.65. The zero-order chi connectivity index (χ0) is 8.97. The second-order valence-corrected chi connectivity index (χ2v) is 1.83. The Morgan fingerprint density at radius 3 is 2.75 bits per heavy atom. The Balaban J connectivity index is 3.21. The molecule has 56 valence electrons. The Bertz CT molecular complexity index is 431. The Labute approximate surface area is 68.4 Å². The van der Waals surface area contributed by atoms with Gasteiger partial charge in [0.05, 0.1) is 0 Å². The van der Waals surface area contributed by atoms with Crippen LogP contribution >= 0.6 is 0 Å². The average molecular weight is 157 g/mol. The number of nitrogens with one attached hydrogen (secondary N) is 1. The Hall–Kier alpha value is -2.45. The quantitative estimate of drug-likeness (QED) is 0.506. The van der Waals surface area contributed by atoms with Crippen molar-refractivity contribution < 1.29 is 0 Å². The van der Waals surface area contributed by atoms with E-state index in [2.05, 4.69) is 22.0 Å². The third-order valence-electron chi connectivity index (χ3n) is 1.15. The average Bonchev–Trinajstić information content (AvgIpc) is 2.43. The number of nitriles is 2. The first-order valence-corrected chi connectivity index (χ1v) is 2.93. The summed E-state index contributed by atoms with van der Waals surface area (Å²) >= 11 is 0. The number of hydrogen-bond acceptors (Lipinski definition) is 4. The Morgan fingerprint density at radius 2 is 2.17 bits per heavy atom. The van der Waals surface area contributed by atoms with E-state index in [1.807, 2.05) is 6.07 Å². The summed E-state index contributed by atoms with van der Waals surface area (Å²) in [6.45, 7) is 0. The van der Waals surface area contributed by atoms with Gasteiger partial charge in [-0.25, -0.2) is 0 Å². The summed E-state index contributed by atoms with van der Waals surface area (Å²) in [6.07, 6.45) is 0. The molecule has 0 aliphatic carbocycles. The van der Waals surface area contributed by atoms with E-state index in [1.54, 1.807) is 6.07 Å². The SMILES string of the molecule is N#CC#Cc1[nH]nc(N)c1C#N. The molecule has 0 aliphatic rings. The van der Waals surface area contributed by atoms with Crippen molar-refractivity contribution in [2.24, 2.45) is 0 Å². The highest BCUT2D eigenvalue weighted by Gasteiger charge is 2.06. The van der Waals surface area contributed by atoms with Crippen molar-refractivity contribution >= 4 is 5.82 Å². The number of hydrogen-bond donors (Lipinski definition) is 2. The zero-order valence-corrected chi connectivity index (χ0v) is 5.92. The van der Waals surface area contributed by atoms with Gasteiger partial charge in [-0.15, -0.1) is 0 Å². The van der Waals surface area contributed by atoms with E-state index >= 15 is 0 Å². The fourth-order valence-electron chi connectivity index (χ4n) is 0.650. The minimum absolute atomic E-state index is 0.0970. The van der Waals surface area contributed by atoms with Gasteiger partial charge in [-0.3, -0.25) is 5.10 Å². The molecule has 1 aromatic heterocycles. The van der Waals surface area contributed by atoms with Gasteiger partial charge in [-0.05, 0) is 5.92 Å². The minimum atomic E-state index is 0.0970. The molecule has 3 N–H and O–H groups in total. The molecule has 1 rings (SSSR count). The molecule has 5 nitrogen and oxygen atoms in total. The van der Waals surface area contributed by atoms with Crippen LogP contribution in [-0.2, 0) is 0 Å². The lowest BCUT2D eigenvalue weighted by molar-refractivity contribution is 1.08.